The van der Waals surface area contributed by atoms with Crippen LogP contribution in [0, 0.1) is 0 Å². The van der Waals surface area contributed by atoms with Gasteiger partial charge in [0.05, 0.1) is 28.5 Å². The molecule has 0 saturated heterocycles. The first-order valence-corrected chi connectivity index (χ1v) is 13.6. The van der Waals surface area contributed by atoms with Gasteiger partial charge in [0.25, 0.3) is 0 Å². The molecule has 0 amide bonds. The molecule has 9 heteroatoms. The van der Waals surface area contributed by atoms with Gasteiger partial charge in [-0.1, -0.05) is 44.9 Å². The Labute approximate surface area is 199 Å². The van der Waals surface area contributed by atoms with Gasteiger partial charge in [-0.3, -0.25) is 0 Å². The molecule has 33 heavy (non-hydrogen) atoms. The van der Waals surface area contributed by atoms with Crippen LogP contribution in [0.1, 0.15) is 39.5 Å². The third-order valence-corrected chi connectivity index (χ3v) is 8.16. The average molecular weight is 491 g/mol. The lowest BCUT2D eigenvalue weighted by Crippen LogP contribution is -2.52. The topological polar surface area (TPSA) is 95.9 Å². The van der Waals surface area contributed by atoms with Gasteiger partial charge in [0.1, 0.15) is 10.6 Å². The van der Waals surface area contributed by atoms with Crippen molar-refractivity contribution < 1.29 is 23.1 Å². The highest BCUT2D eigenvalue weighted by Gasteiger charge is 2.41. The minimum atomic E-state index is -3.88. The number of rotatable bonds is 9. The quantitative estimate of drug-likeness (QED) is 0.285. The summed E-state index contributed by atoms with van der Waals surface area (Å²) in [6.45, 7) is 4.60. The molecule has 0 saturated carbocycles. The fourth-order valence-corrected chi connectivity index (χ4v) is 6.21. The molecule has 0 spiro atoms. The van der Waals surface area contributed by atoms with Gasteiger partial charge in [0, 0.05) is 18.3 Å². The van der Waals surface area contributed by atoms with Crippen LogP contribution in [0.4, 0.5) is 11.4 Å². The fraction of sp³-hybridized carbons (Fsp3) is 0.375. The van der Waals surface area contributed by atoms with Crippen molar-refractivity contribution in [1.82, 2.24) is 4.72 Å². The van der Waals surface area contributed by atoms with E-state index in [0.717, 1.165) is 37.3 Å². The number of carboxylic acids is 1. The Hall–Kier alpha value is -2.49. The number of anilines is 2. The number of hydrogen-bond acceptors (Lipinski definition) is 6. The number of carboxylic acid groups (broad SMARTS) is 1. The number of thioether (sulfide) groups is 1. The van der Waals surface area contributed by atoms with E-state index in [0.29, 0.717) is 23.5 Å². The van der Waals surface area contributed by atoms with Gasteiger partial charge >= 0.3 is 5.97 Å². The van der Waals surface area contributed by atoms with Gasteiger partial charge < -0.3 is 14.7 Å². The van der Waals surface area contributed by atoms with E-state index in [2.05, 4.69) is 16.5 Å². The third-order valence-electron chi connectivity index (χ3n) is 5.80. The van der Waals surface area contributed by atoms with Crippen LogP contribution in [0.25, 0.3) is 0 Å². The zero-order valence-electron chi connectivity index (χ0n) is 19.1. The minimum Gasteiger partial charge on any atom is -0.478 e. The van der Waals surface area contributed by atoms with E-state index in [9.17, 15) is 13.2 Å². The van der Waals surface area contributed by atoms with E-state index < -0.39 is 21.5 Å². The predicted octanol–water partition coefficient (Wildman–Crippen LogP) is 5.15. The van der Waals surface area contributed by atoms with E-state index in [1.54, 1.807) is 0 Å². The van der Waals surface area contributed by atoms with Gasteiger partial charge in [-0.05, 0) is 37.3 Å². The van der Waals surface area contributed by atoms with E-state index >= 15 is 0 Å². The highest BCUT2D eigenvalue weighted by atomic mass is 32.2. The van der Waals surface area contributed by atoms with Crippen LogP contribution in [0.2, 0.25) is 0 Å². The monoisotopic (exact) mass is 490 g/mol. The number of carbonyl (C=O) groups is 1. The van der Waals surface area contributed by atoms with Crippen LogP contribution in [-0.4, -0.2) is 37.8 Å². The number of hydrogen-bond donors (Lipinski definition) is 2. The van der Waals surface area contributed by atoms with Gasteiger partial charge in [-0.25, -0.2) is 17.9 Å². The maximum atomic E-state index is 13.6. The van der Waals surface area contributed by atoms with Crippen LogP contribution in [0.3, 0.4) is 0 Å². The zero-order chi connectivity index (χ0) is 24.1. The van der Waals surface area contributed by atoms with Gasteiger partial charge in [0.15, 0.2) is 0 Å². The normalized spacial score (nSPS) is 19.8. The number of fused-ring (bicyclic) bond motifs is 1. The molecule has 0 fully saturated rings. The van der Waals surface area contributed by atoms with Crippen molar-refractivity contribution in [3.8, 4) is 5.75 Å². The number of nitrogens with one attached hydrogen (secondary N) is 1. The zero-order valence-corrected chi connectivity index (χ0v) is 20.7. The van der Waals surface area contributed by atoms with Crippen molar-refractivity contribution in [3.05, 3.63) is 54.8 Å². The molecule has 0 aromatic heterocycles. The number of para-hydroxylation sites is 1. The first-order chi connectivity index (χ1) is 15.7. The molecule has 1 aliphatic heterocycles. The Morgan fingerprint density at radius 2 is 2.00 bits per heavy atom. The molecule has 7 nitrogen and oxygen atoms in total. The van der Waals surface area contributed by atoms with Crippen molar-refractivity contribution in [3.63, 3.8) is 0 Å². The van der Waals surface area contributed by atoms with Crippen LogP contribution < -0.4 is 14.4 Å². The first kappa shape index (κ1) is 25.1. The Morgan fingerprint density at radius 3 is 2.61 bits per heavy atom. The predicted molar refractivity (Wildman–Crippen MR) is 132 cm³/mol. The van der Waals surface area contributed by atoms with Crippen molar-refractivity contribution in [1.29, 1.82) is 0 Å². The average Bonchev–Trinajstić information content (AvgIpc) is 2.90. The molecule has 1 heterocycles. The Morgan fingerprint density at radius 1 is 1.27 bits per heavy atom. The Bertz CT molecular complexity index is 1120. The van der Waals surface area contributed by atoms with E-state index in [4.69, 9.17) is 9.84 Å². The summed E-state index contributed by atoms with van der Waals surface area (Å²) in [7, 11) is -3.88. The number of benzene rings is 2. The molecule has 1 atom stereocenters. The number of ether oxygens (including phenoxy) is 1. The molecule has 178 valence electrons. The number of unbranched alkanes of at least 4 members (excludes halogenated alkanes) is 1. The second kappa shape index (κ2) is 10.6. The van der Waals surface area contributed by atoms with Crippen LogP contribution in [0.15, 0.2) is 64.6 Å². The lowest BCUT2D eigenvalue weighted by atomic mass is 9.89. The second-order valence-electron chi connectivity index (χ2n) is 7.99. The molecule has 0 bridgehead atoms. The van der Waals surface area contributed by atoms with Crippen molar-refractivity contribution >= 4 is 39.1 Å². The highest BCUT2D eigenvalue weighted by Crippen LogP contribution is 2.43. The lowest BCUT2D eigenvalue weighted by Gasteiger charge is -2.36. The van der Waals surface area contributed by atoms with Crippen molar-refractivity contribution in [2.24, 2.45) is 0 Å². The summed E-state index contributed by atoms with van der Waals surface area (Å²) in [5, 5.41) is 8.86. The van der Waals surface area contributed by atoms with E-state index in [1.807, 2.05) is 49.6 Å². The van der Waals surface area contributed by atoms with E-state index in [-0.39, 0.29) is 10.6 Å². The fourth-order valence-electron chi connectivity index (χ4n) is 3.98. The smallest absolute Gasteiger partial charge is 0.331 e. The van der Waals surface area contributed by atoms with Gasteiger partial charge in [-0.15, -0.1) is 11.8 Å². The van der Waals surface area contributed by atoms with Gasteiger partial charge in [0.2, 0.25) is 10.0 Å². The molecule has 2 aromatic rings. The van der Waals surface area contributed by atoms with Crippen LogP contribution in [0.5, 0.6) is 5.75 Å². The summed E-state index contributed by atoms with van der Waals surface area (Å²) < 4.78 is 35.8. The summed E-state index contributed by atoms with van der Waals surface area (Å²) >= 11 is 1.40. The van der Waals surface area contributed by atoms with Gasteiger partial charge in [-0.2, -0.15) is 0 Å². The van der Waals surface area contributed by atoms with Crippen LogP contribution >= 0.6 is 11.8 Å². The minimum absolute atomic E-state index is 0.106. The third kappa shape index (κ3) is 5.72. The van der Waals surface area contributed by atoms with Crippen molar-refractivity contribution in [2.45, 2.75) is 54.9 Å². The Balaban J connectivity index is 2.22. The Kier molecular flexibility index (Phi) is 8.10. The molecular weight excluding hydrogens is 460 g/mol. The standard InChI is InChI=1S/C24H30N2O5S2/c1-4-6-13-24(5-2)17-26(18-10-8-7-9-11-18)19-15-21(32-3)20(31-14-12-23(27)28)16-22(19)33(29,30)25-24/h7-12,14-16,25H,4-6,13,17H2,1-3H3,(H,27,28)/b14-12+/t24-/m0/s1. The number of nitrogens with zero attached hydrogens (tertiary/aromatic N) is 1. The number of sulfonamides is 1. The summed E-state index contributed by atoms with van der Waals surface area (Å²) in [5.74, 6) is -0.863. The van der Waals surface area contributed by atoms with Crippen LogP contribution in [-0.2, 0) is 14.8 Å². The summed E-state index contributed by atoms with van der Waals surface area (Å²) in [6.07, 6.45) is 7.01. The summed E-state index contributed by atoms with van der Waals surface area (Å²) in [6, 6.07) is 13.0. The molecule has 0 aliphatic carbocycles. The molecule has 0 unspecified atom stereocenters. The van der Waals surface area contributed by atoms with Crippen molar-refractivity contribution in [2.75, 3.05) is 17.7 Å². The maximum Gasteiger partial charge on any atom is 0.331 e. The second-order valence-corrected chi connectivity index (χ2v) is 10.5. The summed E-state index contributed by atoms with van der Waals surface area (Å²) in [5.41, 5.74) is 0.839. The largest absolute Gasteiger partial charge is 0.478 e. The molecule has 2 aromatic carbocycles. The molecule has 3 rings (SSSR count). The van der Waals surface area contributed by atoms with E-state index in [1.165, 1.54) is 17.8 Å². The highest BCUT2D eigenvalue weighted by molar-refractivity contribution is 7.98. The summed E-state index contributed by atoms with van der Waals surface area (Å²) in [4.78, 5) is 13.7. The molecule has 2 N–H and O–H groups in total. The number of aliphatic carboxylic acids is 1. The SMILES string of the molecule is CCCC[C@@]1(CC)CN(c2ccccc2)c2cc(SC)c(O/C=C/C(=O)O)cc2S(=O)(=O)N1. The molecular formula is C24H30N2O5S2. The lowest BCUT2D eigenvalue weighted by molar-refractivity contribution is -0.131. The first-order valence-electron chi connectivity index (χ1n) is 10.9. The maximum absolute atomic E-state index is 13.6. The molecule has 1 aliphatic rings. The molecule has 0 radical (unpaired) electrons.